The zero-order valence-corrected chi connectivity index (χ0v) is 11.8. The maximum atomic E-state index is 11.5. The minimum Gasteiger partial charge on any atom is -0.465 e. The van der Waals surface area contributed by atoms with Crippen molar-refractivity contribution in [3.8, 4) is 0 Å². The standard InChI is InChI=1S/C15H17N3O2/c1-10-5-4-8-16-13(10)9-17-14-7-6-12(11(2)18-14)15(19)20-3/h4-8H,9H2,1-3H3,(H,17,18). The predicted molar refractivity (Wildman–Crippen MR) is 76.6 cm³/mol. The summed E-state index contributed by atoms with van der Waals surface area (Å²) in [6, 6.07) is 7.40. The summed E-state index contributed by atoms with van der Waals surface area (Å²) < 4.78 is 4.69. The van der Waals surface area contributed by atoms with Gasteiger partial charge in [0.05, 0.1) is 30.6 Å². The first kappa shape index (κ1) is 14.0. The molecule has 0 fully saturated rings. The molecule has 2 heterocycles. The Morgan fingerprint density at radius 3 is 2.75 bits per heavy atom. The van der Waals surface area contributed by atoms with E-state index in [4.69, 9.17) is 4.74 Å². The lowest BCUT2D eigenvalue weighted by atomic mass is 10.2. The second-order valence-electron chi connectivity index (χ2n) is 4.44. The number of aryl methyl sites for hydroxylation is 2. The third-order valence-electron chi connectivity index (χ3n) is 3.05. The highest BCUT2D eigenvalue weighted by Gasteiger charge is 2.10. The third kappa shape index (κ3) is 3.12. The number of hydrogen-bond acceptors (Lipinski definition) is 5. The van der Waals surface area contributed by atoms with E-state index in [1.807, 2.05) is 19.1 Å². The van der Waals surface area contributed by atoms with Crippen LogP contribution < -0.4 is 5.32 Å². The lowest BCUT2D eigenvalue weighted by Crippen LogP contribution is -2.09. The topological polar surface area (TPSA) is 64.1 Å². The molecule has 20 heavy (non-hydrogen) atoms. The first-order chi connectivity index (χ1) is 9.61. The van der Waals surface area contributed by atoms with Gasteiger partial charge in [0, 0.05) is 6.20 Å². The largest absolute Gasteiger partial charge is 0.465 e. The summed E-state index contributed by atoms with van der Waals surface area (Å²) in [7, 11) is 1.36. The van der Waals surface area contributed by atoms with Gasteiger partial charge in [-0.25, -0.2) is 9.78 Å². The highest BCUT2D eigenvalue weighted by Crippen LogP contribution is 2.13. The fourth-order valence-corrected chi connectivity index (χ4v) is 1.86. The first-order valence-electron chi connectivity index (χ1n) is 6.32. The minimum absolute atomic E-state index is 0.373. The van der Waals surface area contributed by atoms with Gasteiger partial charge in [0.15, 0.2) is 0 Å². The van der Waals surface area contributed by atoms with Crippen LogP contribution in [0.4, 0.5) is 5.82 Å². The molecule has 0 atom stereocenters. The summed E-state index contributed by atoms with van der Waals surface area (Å²) in [6.07, 6.45) is 1.77. The van der Waals surface area contributed by atoms with E-state index in [1.54, 1.807) is 25.3 Å². The van der Waals surface area contributed by atoms with Crippen molar-refractivity contribution in [1.29, 1.82) is 0 Å². The van der Waals surface area contributed by atoms with Crippen LogP contribution in [0.2, 0.25) is 0 Å². The lowest BCUT2D eigenvalue weighted by molar-refractivity contribution is 0.0599. The summed E-state index contributed by atoms with van der Waals surface area (Å²) in [5.74, 6) is 0.335. The van der Waals surface area contributed by atoms with Gasteiger partial charge in [0.1, 0.15) is 5.82 Å². The van der Waals surface area contributed by atoms with E-state index in [9.17, 15) is 4.79 Å². The van der Waals surface area contributed by atoms with E-state index in [1.165, 1.54) is 7.11 Å². The molecular weight excluding hydrogens is 254 g/mol. The van der Waals surface area contributed by atoms with Crippen LogP contribution in [0.3, 0.4) is 0 Å². The Morgan fingerprint density at radius 1 is 1.30 bits per heavy atom. The fourth-order valence-electron chi connectivity index (χ4n) is 1.86. The molecule has 0 saturated heterocycles. The molecule has 0 aliphatic heterocycles. The van der Waals surface area contributed by atoms with E-state index < -0.39 is 0 Å². The van der Waals surface area contributed by atoms with Gasteiger partial charge in [-0.3, -0.25) is 4.98 Å². The Balaban J connectivity index is 2.10. The number of rotatable bonds is 4. The van der Waals surface area contributed by atoms with Crippen LogP contribution in [0, 0.1) is 13.8 Å². The van der Waals surface area contributed by atoms with Crippen molar-refractivity contribution >= 4 is 11.8 Å². The van der Waals surface area contributed by atoms with Gasteiger partial charge in [-0.05, 0) is 37.6 Å². The van der Waals surface area contributed by atoms with Crippen molar-refractivity contribution in [2.45, 2.75) is 20.4 Å². The van der Waals surface area contributed by atoms with Crippen LogP contribution in [0.1, 0.15) is 27.3 Å². The number of nitrogens with zero attached hydrogens (tertiary/aromatic N) is 2. The van der Waals surface area contributed by atoms with E-state index in [0.717, 1.165) is 11.3 Å². The molecule has 0 amide bonds. The zero-order chi connectivity index (χ0) is 14.5. The molecule has 2 aromatic rings. The van der Waals surface area contributed by atoms with Gasteiger partial charge in [0.25, 0.3) is 0 Å². The second kappa shape index (κ2) is 6.14. The molecule has 1 N–H and O–H groups in total. The molecule has 0 unspecified atom stereocenters. The SMILES string of the molecule is COC(=O)c1ccc(NCc2ncccc2C)nc1C. The smallest absolute Gasteiger partial charge is 0.339 e. The Bertz CT molecular complexity index is 626. The average molecular weight is 271 g/mol. The van der Waals surface area contributed by atoms with E-state index in [2.05, 4.69) is 15.3 Å². The number of pyridine rings is 2. The highest BCUT2D eigenvalue weighted by molar-refractivity contribution is 5.90. The van der Waals surface area contributed by atoms with Crippen LogP contribution in [0.15, 0.2) is 30.5 Å². The maximum absolute atomic E-state index is 11.5. The van der Waals surface area contributed by atoms with Crippen LogP contribution in [0.25, 0.3) is 0 Å². The Kier molecular flexibility index (Phi) is 4.30. The van der Waals surface area contributed by atoms with E-state index in [0.29, 0.717) is 23.6 Å². The Hall–Kier alpha value is -2.43. The molecular formula is C15H17N3O2. The quantitative estimate of drug-likeness (QED) is 0.865. The molecule has 0 bridgehead atoms. The number of anilines is 1. The average Bonchev–Trinajstić information content (AvgIpc) is 2.46. The summed E-state index contributed by atoms with van der Waals surface area (Å²) >= 11 is 0. The van der Waals surface area contributed by atoms with Gasteiger partial charge in [-0.2, -0.15) is 0 Å². The highest BCUT2D eigenvalue weighted by atomic mass is 16.5. The molecule has 0 saturated carbocycles. The number of methoxy groups -OCH3 is 1. The van der Waals surface area contributed by atoms with E-state index >= 15 is 0 Å². The normalized spacial score (nSPS) is 10.2. The first-order valence-corrected chi connectivity index (χ1v) is 6.32. The van der Waals surface area contributed by atoms with Crippen LogP contribution in [-0.2, 0) is 11.3 Å². The summed E-state index contributed by atoms with van der Waals surface area (Å²) in [5, 5.41) is 3.20. The lowest BCUT2D eigenvalue weighted by Gasteiger charge is -2.09. The summed E-state index contributed by atoms with van der Waals surface area (Å²) in [6.45, 7) is 4.39. The van der Waals surface area contributed by atoms with Crippen molar-refractivity contribution in [2.75, 3.05) is 12.4 Å². The predicted octanol–water partition coefficient (Wildman–Crippen LogP) is 2.49. The summed E-state index contributed by atoms with van der Waals surface area (Å²) in [5.41, 5.74) is 3.22. The monoisotopic (exact) mass is 271 g/mol. The van der Waals surface area contributed by atoms with Gasteiger partial charge >= 0.3 is 5.97 Å². The molecule has 0 spiro atoms. The number of ether oxygens (including phenoxy) is 1. The van der Waals surface area contributed by atoms with Gasteiger partial charge in [0.2, 0.25) is 0 Å². The Morgan fingerprint density at radius 2 is 2.10 bits per heavy atom. The molecule has 5 nitrogen and oxygen atoms in total. The zero-order valence-electron chi connectivity index (χ0n) is 11.8. The summed E-state index contributed by atoms with van der Waals surface area (Å²) in [4.78, 5) is 20.1. The molecule has 0 aliphatic carbocycles. The Labute approximate surface area is 118 Å². The number of hydrogen-bond donors (Lipinski definition) is 1. The molecule has 0 radical (unpaired) electrons. The van der Waals surface area contributed by atoms with E-state index in [-0.39, 0.29) is 5.97 Å². The minimum atomic E-state index is -0.373. The second-order valence-corrected chi connectivity index (χ2v) is 4.44. The van der Waals surface area contributed by atoms with Crippen molar-refractivity contribution in [3.63, 3.8) is 0 Å². The van der Waals surface area contributed by atoms with Crippen molar-refractivity contribution in [1.82, 2.24) is 9.97 Å². The van der Waals surface area contributed by atoms with Gasteiger partial charge < -0.3 is 10.1 Å². The number of aromatic nitrogens is 2. The van der Waals surface area contributed by atoms with Gasteiger partial charge in [-0.1, -0.05) is 6.07 Å². The maximum Gasteiger partial charge on any atom is 0.339 e. The fraction of sp³-hybridized carbons (Fsp3) is 0.267. The van der Waals surface area contributed by atoms with Gasteiger partial charge in [-0.15, -0.1) is 0 Å². The molecule has 2 aromatic heterocycles. The third-order valence-corrected chi connectivity index (χ3v) is 3.05. The van der Waals surface area contributed by atoms with Crippen LogP contribution >= 0.6 is 0 Å². The molecule has 104 valence electrons. The van der Waals surface area contributed by atoms with Crippen LogP contribution in [-0.4, -0.2) is 23.0 Å². The van der Waals surface area contributed by atoms with Crippen molar-refractivity contribution in [3.05, 3.63) is 53.0 Å². The number of carbonyl (C=O) groups is 1. The molecule has 5 heteroatoms. The van der Waals surface area contributed by atoms with Crippen molar-refractivity contribution < 1.29 is 9.53 Å². The number of esters is 1. The van der Waals surface area contributed by atoms with Crippen LogP contribution in [0.5, 0.6) is 0 Å². The molecule has 2 rings (SSSR count). The number of nitrogens with one attached hydrogen (secondary N) is 1. The van der Waals surface area contributed by atoms with Crippen molar-refractivity contribution in [2.24, 2.45) is 0 Å². The molecule has 0 aromatic carbocycles. The number of carbonyl (C=O) groups excluding carboxylic acids is 1. The molecule has 0 aliphatic rings.